The second kappa shape index (κ2) is 7.23. The van der Waals surface area contributed by atoms with Crippen LogP contribution in [0.15, 0.2) is 61.1 Å². The van der Waals surface area contributed by atoms with Crippen LogP contribution < -0.4 is 5.73 Å². The number of hydrogen-bond acceptors (Lipinski definition) is 4. The fourth-order valence-corrected chi connectivity index (χ4v) is 4.68. The van der Waals surface area contributed by atoms with Crippen LogP contribution in [0, 0.1) is 0 Å². The van der Waals surface area contributed by atoms with Gasteiger partial charge in [0.2, 0.25) is 5.95 Å². The van der Waals surface area contributed by atoms with Crippen molar-refractivity contribution in [1.82, 2.24) is 19.9 Å². The number of nitrogens with zero attached hydrogens (tertiary/aromatic N) is 3. The van der Waals surface area contributed by atoms with Gasteiger partial charge in [0.1, 0.15) is 0 Å². The van der Waals surface area contributed by atoms with E-state index in [-0.39, 0.29) is 17.3 Å². The Kier molecular flexibility index (Phi) is 4.50. The summed E-state index contributed by atoms with van der Waals surface area (Å²) in [4.78, 5) is 25.9. The summed E-state index contributed by atoms with van der Waals surface area (Å²) < 4.78 is 0. The Balaban J connectivity index is 1.56. The monoisotopic (exact) mass is 411 g/mol. The Morgan fingerprint density at radius 1 is 1.03 bits per heavy atom. The number of aromatic nitrogens is 3. The molecule has 4 aromatic rings. The van der Waals surface area contributed by atoms with E-state index in [0.29, 0.717) is 5.56 Å². The number of hydrogen-bond donors (Lipinski definition) is 2. The smallest absolute Gasteiger partial charge is 0.255 e. The number of para-hydroxylation sites is 1. The fourth-order valence-electron chi connectivity index (χ4n) is 4.68. The number of carbonyl (C=O) groups excluding carboxylic acids is 1. The lowest BCUT2D eigenvalue weighted by Crippen LogP contribution is -2.35. The van der Waals surface area contributed by atoms with Crippen LogP contribution in [0.1, 0.15) is 40.7 Å². The summed E-state index contributed by atoms with van der Waals surface area (Å²) in [6.07, 6.45) is 8.97. The highest BCUT2D eigenvalue weighted by atomic mass is 16.2. The number of fused-ring (bicyclic) bond motifs is 1. The minimum atomic E-state index is -0.0335. The molecule has 0 spiro atoms. The summed E-state index contributed by atoms with van der Waals surface area (Å²) in [6.45, 7) is 0. The van der Waals surface area contributed by atoms with Crippen molar-refractivity contribution in [1.29, 1.82) is 0 Å². The molecule has 6 nitrogen and oxygen atoms in total. The number of carbonyl (C=O) groups is 1. The van der Waals surface area contributed by atoms with Crippen LogP contribution in [-0.2, 0) is 5.41 Å². The molecule has 1 aliphatic rings. The lowest BCUT2D eigenvalue weighted by Gasteiger charge is -2.43. The standard InChI is InChI=1S/C25H25N5O/c1-30(2)23(31)20-6-3-5-19-21(15-27-22(19)20)25(11-4-12-25)18-9-7-16(8-10-18)17-13-28-24(26)29-14-17/h3,5-10,13-15,27H,4,11-12H2,1-2H3,(H2,26,28,29). The van der Waals surface area contributed by atoms with Gasteiger partial charge in [-0.25, -0.2) is 9.97 Å². The Bertz CT molecular complexity index is 1250. The van der Waals surface area contributed by atoms with Crippen LogP contribution in [0.25, 0.3) is 22.0 Å². The predicted molar refractivity (Wildman–Crippen MR) is 123 cm³/mol. The molecular weight excluding hydrogens is 386 g/mol. The van der Waals surface area contributed by atoms with E-state index in [1.807, 2.05) is 12.1 Å². The summed E-state index contributed by atoms with van der Waals surface area (Å²) in [7, 11) is 3.57. The molecule has 1 amide bonds. The van der Waals surface area contributed by atoms with Crippen molar-refractivity contribution in [2.75, 3.05) is 19.8 Å². The first kappa shape index (κ1) is 19.3. The second-order valence-electron chi connectivity index (χ2n) is 8.47. The van der Waals surface area contributed by atoms with E-state index in [0.717, 1.165) is 34.9 Å². The number of nitrogen functional groups attached to an aromatic ring is 1. The average Bonchev–Trinajstić information content (AvgIpc) is 3.18. The zero-order chi connectivity index (χ0) is 21.6. The van der Waals surface area contributed by atoms with Crippen LogP contribution in [-0.4, -0.2) is 39.9 Å². The van der Waals surface area contributed by atoms with Gasteiger partial charge >= 0.3 is 0 Å². The highest BCUT2D eigenvalue weighted by Crippen LogP contribution is 2.51. The maximum absolute atomic E-state index is 12.7. The summed E-state index contributed by atoms with van der Waals surface area (Å²) in [5, 5.41) is 1.13. The van der Waals surface area contributed by atoms with E-state index in [1.54, 1.807) is 31.4 Å². The fraction of sp³-hybridized carbons (Fsp3) is 0.240. The minimum absolute atomic E-state index is 0.0109. The summed E-state index contributed by atoms with van der Waals surface area (Å²) in [5.74, 6) is 0.289. The molecule has 1 aliphatic carbocycles. The van der Waals surface area contributed by atoms with Gasteiger partial charge < -0.3 is 15.6 Å². The van der Waals surface area contributed by atoms with Crippen molar-refractivity contribution in [2.24, 2.45) is 0 Å². The molecule has 2 aromatic carbocycles. The second-order valence-corrected chi connectivity index (χ2v) is 8.47. The van der Waals surface area contributed by atoms with Gasteiger partial charge in [-0.2, -0.15) is 0 Å². The maximum Gasteiger partial charge on any atom is 0.255 e. The molecule has 6 heteroatoms. The molecule has 0 radical (unpaired) electrons. The molecule has 0 atom stereocenters. The van der Waals surface area contributed by atoms with E-state index >= 15 is 0 Å². The normalized spacial score (nSPS) is 14.9. The molecule has 156 valence electrons. The largest absolute Gasteiger partial charge is 0.368 e. The average molecular weight is 412 g/mol. The number of benzene rings is 2. The first-order valence-corrected chi connectivity index (χ1v) is 10.5. The van der Waals surface area contributed by atoms with E-state index in [4.69, 9.17) is 5.73 Å². The Labute approximate surface area is 181 Å². The van der Waals surface area contributed by atoms with Crippen LogP contribution in [0.3, 0.4) is 0 Å². The number of H-pyrrole nitrogens is 1. The van der Waals surface area contributed by atoms with Crippen LogP contribution in [0.5, 0.6) is 0 Å². The lowest BCUT2D eigenvalue weighted by molar-refractivity contribution is 0.0829. The summed E-state index contributed by atoms with van der Waals surface area (Å²) >= 11 is 0. The quantitative estimate of drug-likeness (QED) is 0.522. The molecule has 2 aromatic heterocycles. The van der Waals surface area contributed by atoms with E-state index in [1.165, 1.54) is 17.5 Å². The Morgan fingerprint density at radius 3 is 2.35 bits per heavy atom. The highest BCUT2D eigenvalue weighted by molar-refractivity contribution is 6.06. The van der Waals surface area contributed by atoms with Gasteiger partial charge in [0.25, 0.3) is 5.91 Å². The third-order valence-electron chi connectivity index (χ3n) is 6.52. The molecule has 3 N–H and O–H groups in total. The van der Waals surface area contributed by atoms with Gasteiger partial charge in [0, 0.05) is 49.1 Å². The highest BCUT2D eigenvalue weighted by Gasteiger charge is 2.42. The predicted octanol–water partition coefficient (Wildman–Crippen LogP) is 4.38. The lowest BCUT2D eigenvalue weighted by atomic mass is 9.60. The van der Waals surface area contributed by atoms with Gasteiger partial charge in [0.15, 0.2) is 0 Å². The van der Waals surface area contributed by atoms with Gasteiger partial charge in [-0.05, 0) is 35.6 Å². The Morgan fingerprint density at radius 2 is 1.74 bits per heavy atom. The van der Waals surface area contributed by atoms with Crippen LogP contribution in [0.4, 0.5) is 5.95 Å². The topological polar surface area (TPSA) is 87.9 Å². The van der Waals surface area contributed by atoms with Gasteiger partial charge in [-0.3, -0.25) is 4.79 Å². The van der Waals surface area contributed by atoms with Crippen molar-refractivity contribution in [3.05, 3.63) is 77.7 Å². The molecule has 0 bridgehead atoms. The zero-order valence-corrected chi connectivity index (χ0v) is 17.7. The molecule has 0 saturated heterocycles. The number of rotatable bonds is 4. The van der Waals surface area contributed by atoms with Gasteiger partial charge in [-0.1, -0.05) is 42.8 Å². The molecule has 0 aliphatic heterocycles. The number of anilines is 1. The summed E-state index contributed by atoms with van der Waals surface area (Å²) in [6, 6.07) is 14.7. The van der Waals surface area contributed by atoms with Crippen LogP contribution in [0.2, 0.25) is 0 Å². The molecule has 31 heavy (non-hydrogen) atoms. The van der Waals surface area contributed by atoms with Crippen molar-refractivity contribution in [3.8, 4) is 11.1 Å². The molecule has 5 rings (SSSR count). The van der Waals surface area contributed by atoms with Crippen LogP contribution >= 0.6 is 0 Å². The number of nitrogens with one attached hydrogen (secondary N) is 1. The number of aromatic amines is 1. The molecule has 0 unspecified atom stereocenters. The van der Waals surface area contributed by atoms with E-state index in [2.05, 4.69) is 51.5 Å². The zero-order valence-electron chi connectivity index (χ0n) is 17.7. The summed E-state index contributed by atoms with van der Waals surface area (Å²) in [5.41, 5.74) is 11.8. The van der Waals surface area contributed by atoms with Gasteiger partial charge in [0.05, 0.1) is 11.1 Å². The number of nitrogens with two attached hydrogens (primary N) is 1. The SMILES string of the molecule is CN(C)C(=O)c1cccc2c(C3(c4ccc(-c5cnc(N)nc5)cc4)CCC3)c[nH]c12. The minimum Gasteiger partial charge on any atom is -0.368 e. The van der Waals surface area contributed by atoms with Gasteiger partial charge in [-0.15, -0.1) is 0 Å². The maximum atomic E-state index is 12.7. The van der Waals surface area contributed by atoms with E-state index < -0.39 is 0 Å². The first-order valence-electron chi connectivity index (χ1n) is 10.5. The third-order valence-corrected chi connectivity index (χ3v) is 6.52. The molecule has 1 saturated carbocycles. The molecule has 2 heterocycles. The van der Waals surface area contributed by atoms with Crippen molar-refractivity contribution in [2.45, 2.75) is 24.7 Å². The Hall–Kier alpha value is -3.67. The molecular formula is C25H25N5O. The third kappa shape index (κ3) is 3.06. The van der Waals surface area contributed by atoms with Crippen molar-refractivity contribution in [3.63, 3.8) is 0 Å². The van der Waals surface area contributed by atoms with Crippen molar-refractivity contribution >= 4 is 22.8 Å². The number of amides is 1. The van der Waals surface area contributed by atoms with Crippen molar-refractivity contribution < 1.29 is 4.79 Å². The first-order chi connectivity index (χ1) is 15.0. The van der Waals surface area contributed by atoms with E-state index in [9.17, 15) is 4.79 Å². The molecule has 1 fully saturated rings.